The maximum Gasteiger partial charge on any atom is 0.250 e. The summed E-state index contributed by atoms with van der Waals surface area (Å²) in [6, 6.07) is 5.45. The minimum absolute atomic E-state index is 0.248. The highest BCUT2D eigenvalue weighted by Crippen LogP contribution is 2.30. The molecule has 0 bridgehead atoms. The van der Waals surface area contributed by atoms with Crippen molar-refractivity contribution in [2.24, 2.45) is 5.73 Å². The van der Waals surface area contributed by atoms with E-state index >= 15 is 0 Å². The van der Waals surface area contributed by atoms with Gasteiger partial charge in [0.1, 0.15) is 0 Å². The van der Waals surface area contributed by atoms with Crippen LogP contribution in [-0.2, 0) is 4.74 Å². The Bertz CT molecular complexity index is 428. The van der Waals surface area contributed by atoms with Gasteiger partial charge in [-0.05, 0) is 18.6 Å². The maximum atomic E-state index is 11.4. The number of nitrogens with two attached hydrogens (primary N) is 2. The van der Waals surface area contributed by atoms with Crippen LogP contribution in [0.1, 0.15) is 16.8 Å². The normalized spacial score (nSPS) is 19.2. The lowest BCUT2D eigenvalue weighted by Crippen LogP contribution is -2.34. The van der Waals surface area contributed by atoms with Crippen LogP contribution in [0, 0.1) is 0 Å². The number of hydrogen-bond acceptors (Lipinski definition) is 4. The molecule has 4 N–H and O–H groups in total. The molecule has 1 atom stereocenters. The Hall–Kier alpha value is -1.75. The molecule has 5 heteroatoms. The van der Waals surface area contributed by atoms with E-state index in [1.165, 1.54) is 0 Å². The zero-order valence-electron chi connectivity index (χ0n) is 9.85. The number of primary amides is 1. The van der Waals surface area contributed by atoms with E-state index in [4.69, 9.17) is 16.2 Å². The van der Waals surface area contributed by atoms with Gasteiger partial charge in [0.15, 0.2) is 0 Å². The molecule has 1 unspecified atom stereocenters. The topological polar surface area (TPSA) is 81.6 Å². The summed E-state index contributed by atoms with van der Waals surface area (Å²) in [5.41, 5.74) is 13.0. The van der Waals surface area contributed by atoms with Crippen molar-refractivity contribution in [3.63, 3.8) is 0 Å². The fourth-order valence-electron chi connectivity index (χ4n) is 2.16. The molecule has 1 aromatic carbocycles. The number of nitrogen functional groups attached to an aromatic ring is 1. The van der Waals surface area contributed by atoms with Gasteiger partial charge < -0.3 is 21.1 Å². The van der Waals surface area contributed by atoms with Crippen LogP contribution in [-0.4, -0.2) is 32.2 Å². The molecule has 0 saturated carbocycles. The number of rotatable bonds is 3. The quantitative estimate of drug-likeness (QED) is 0.751. The van der Waals surface area contributed by atoms with Crippen molar-refractivity contribution >= 4 is 17.3 Å². The average Bonchev–Trinajstić information content (AvgIpc) is 2.81. The average molecular weight is 235 g/mol. The number of ether oxygens (including phenoxy) is 1. The van der Waals surface area contributed by atoms with E-state index in [9.17, 15) is 4.79 Å². The van der Waals surface area contributed by atoms with Crippen LogP contribution >= 0.6 is 0 Å². The smallest absolute Gasteiger partial charge is 0.250 e. The third kappa shape index (κ3) is 2.19. The minimum Gasteiger partial charge on any atom is -0.397 e. The van der Waals surface area contributed by atoms with Gasteiger partial charge in [0, 0.05) is 13.7 Å². The third-order valence-electron chi connectivity index (χ3n) is 3.14. The Labute approximate surface area is 100 Å². The lowest BCUT2D eigenvalue weighted by molar-refractivity contribution is 0.100. The van der Waals surface area contributed by atoms with Crippen molar-refractivity contribution in [3.05, 3.63) is 23.8 Å². The number of likely N-dealkylation sites (N-methyl/N-ethyl adjacent to an activating group) is 1. The van der Waals surface area contributed by atoms with Gasteiger partial charge in [-0.2, -0.15) is 0 Å². The molecule has 92 valence electrons. The highest BCUT2D eigenvalue weighted by Gasteiger charge is 2.24. The van der Waals surface area contributed by atoms with Gasteiger partial charge in [-0.3, -0.25) is 4.79 Å². The Morgan fingerprint density at radius 2 is 2.29 bits per heavy atom. The van der Waals surface area contributed by atoms with E-state index < -0.39 is 5.91 Å². The Morgan fingerprint density at radius 3 is 2.88 bits per heavy atom. The monoisotopic (exact) mass is 235 g/mol. The molecule has 0 radical (unpaired) electrons. The fraction of sp³-hybridized carbons (Fsp3) is 0.417. The minimum atomic E-state index is -0.460. The number of amides is 1. The number of carbonyl (C=O) groups excluding carboxylic acids is 1. The first-order valence-corrected chi connectivity index (χ1v) is 5.60. The second kappa shape index (κ2) is 4.63. The van der Waals surface area contributed by atoms with Gasteiger partial charge in [0.05, 0.1) is 29.6 Å². The SMILES string of the molecule is CN(c1c(N)cccc1C(N)=O)C1CCOC1. The Kier molecular flexibility index (Phi) is 3.19. The number of para-hydroxylation sites is 1. The molecule has 0 aliphatic carbocycles. The zero-order valence-corrected chi connectivity index (χ0v) is 9.85. The third-order valence-corrected chi connectivity index (χ3v) is 3.14. The van der Waals surface area contributed by atoms with Gasteiger partial charge in [0.25, 0.3) is 5.91 Å². The molecule has 1 aliphatic heterocycles. The van der Waals surface area contributed by atoms with Crippen molar-refractivity contribution in [1.82, 2.24) is 0 Å². The first-order valence-electron chi connectivity index (χ1n) is 5.60. The van der Waals surface area contributed by atoms with Crippen LogP contribution in [0.15, 0.2) is 18.2 Å². The predicted molar refractivity (Wildman–Crippen MR) is 67.0 cm³/mol. The highest BCUT2D eigenvalue weighted by atomic mass is 16.5. The van der Waals surface area contributed by atoms with Crippen molar-refractivity contribution in [3.8, 4) is 0 Å². The second-order valence-corrected chi connectivity index (χ2v) is 4.24. The fourth-order valence-corrected chi connectivity index (χ4v) is 2.16. The summed E-state index contributed by atoms with van der Waals surface area (Å²) in [5, 5.41) is 0. The summed E-state index contributed by atoms with van der Waals surface area (Å²) in [5.74, 6) is -0.460. The van der Waals surface area contributed by atoms with Crippen LogP contribution < -0.4 is 16.4 Å². The number of hydrogen-bond donors (Lipinski definition) is 2. The largest absolute Gasteiger partial charge is 0.397 e. The first-order chi connectivity index (χ1) is 8.11. The Morgan fingerprint density at radius 1 is 1.53 bits per heavy atom. The molecule has 1 heterocycles. The van der Waals surface area contributed by atoms with Crippen LogP contribution in [0.4, 0.5) is 11.4 Å². The van der Waals surface area contributed by atoms with Crippen molar-refractivity contribution < 1.29 is 9.53 Å². The summed E-state index contributed by atoms with van der Waals surface area (Å²) in [6.07, 6.45) is 0.934. The summed E-state index contributed by atoms with van der Waals surface area (Å²) in [7, 11) is 1.91. The van der Waals surface area contributed by atoms with Gasteiger partial charge in [-0.1, -0.05) is 6.07 Å². The van der Waals surface area contributed by atoms with E-state index in [1.807, 2.05) is 11.9 Å². The molecule has 17 heavy (non-hydrogen) atoms. The van der Waals surface area contributed by atoms with Crippen LogP contribution in [0.2, 0.25) is 0 Å². The van der Waals surface area contributed by atoms with E-state index in [1.54, 1.807) is 18.2 Å². The van der Waals surface area contributed by atoms with E-state index in [2.05, 4.69) is 0 Å². The van der Waals surface area contributed by atoms with Crippen molar-refractivity contribution in [2.45, 2.75) is 12.5 Å². The number of benzene rings is 1. The standard InChI is InChI=1S/C12H17N3O2/c1-15(8-5-6-17-7-8)11-9(12(14)16)3-2-4-10(11)13/h2-4,8H,5-7,13H2,1H3,(H2,14,16). The van der Waals surface area contributed by atoms with Crippen LogP contribution in [0.25, 0.3) is 0 Å². The molecular formula is C12H17N3O2. The van der Waals surface area contributed by atoms with Crippen LogP contribution in [0.3, 0.4) is 0 Å². The lowest BCUT2D eigenvalue weighted by Gasteiger charge is -2.28. The predicted octanol–water partition coefficient (Wildman–Crippen LogP) is 0.593. The molecule has 5 nitrogen and oxygen atoms in total. The zero-order chi connectivity index (χ0) is 12.4. The Balaban J connectivity index is 2.38. The molecule has 1 saturated heterocycles. The van der Waals surface area contributed by atoms with Crippen molar-refractivity contribution in [2.75, 3.05) is 30.9 Å². The second-order valence-electron chi connectivity index (χ2n) is 4.24. The summed E-state index contributed by atoms with van der Waals surface area (Å²) < 4.78 is 5.34. The van der Waals surface area contributed by atoms with E-state index in [-0.39, 0.29) is 6.04 Å². The summed E-state index contributed by atoms with van der Waals surface area (Å²) in [6.45, 7) is 1.40. The molecule has 0 aromatic heterocycles. The molecule has 1 amide bonds. The molecule has 0 spiro atoms. The molecule has 1 aliphatic rings. The number of carbonyl (C=O) groups is 1. The lowest BCUT2D eigenvalue weighted by atomic mass is 10.1. The summed E-state index contributed by atoms with van der Waals surface area (Å²) >= 11 is 0. The van der Waals surface area contributed by atoms with Gasteiger partial charge in [-0.25, -0.2) is 0 Å². The molecule has 2 rings (SSSR count). The molecule has 1 fully saturated rings. The van der Waals surface area contributed by atoms with Gasteiger partial charge in [0.2, 0.25) is 0 Å². The molecular weight excluding hydrogens is 218 g/mol. The van der Waals surface area contributed by atoms with Gasteiger partial charge >= 0.3 is 0 Å². The summed E-state index contributed by atoms with van der Waals surface area (Å²) in [4.78, 5) is 13.4. The first kappa shape index (κ1) is 11.7. The van der Waals surface area contributed by atoms with Crippen molar-refractivity contribution in [1.29, 1.82) is 0 Å². The maximum absolute atomic E-state index is 11.4. The van der Waals surface area contributed by atoms with E-state index in [0.29, 0.717) is 23.5 Å². The van der Waals surface area contributed by atoms with E-state index in [0.717, 1.165) is 13.0 Å². The van der Waals surface area contributed by atoms with Crippen LogP contribution in [0.5, 0.6) is 0 Å². The highest BCUT2D eigenvalue weighted by molar-refractivity contribution is 6.01. The number of nitrogens with zero attached hydrogens (tertiary/aromatic N) is 1. The van der Waals surface area contributed by atoms with Gasteiger partial charge in [-0.15, -0.1) is 0 Å². The molecule has 1 aromatic rings. The number of anilines is 2.